The first-order valence-electron chi connectivity index (χ1n) is 22.2. The van der Waals surface area contributed by atoms with E-state index in [1.165, 1.54) is 99.4 Å². The Bertz CT molecular complexity index is 3520. The summed E-state index contributed by atoms with van der Waals surface area (Å²) >= 11 is 0. The number of hydrogen-bond donors (Lipinski definition) is 0. The van der Waals surface area contributed by atoms with Crippen molar-refractivity contribution in [2.75, 3.05) is 4.90 Å². The van der Waals surface area contributed by atoms with E-state index in [1.54, 1.807) is 0 Å². The van der Waals surface area contributed by atoms with Crippen LogP contribution in [0.25, 0.3) is 77.2 Å². The predicted molar refractivity (Wildman–Crippen MR) is 269 cm³/mol. The lowest BCUT2D eigenvalue weighted by molar-refractivity contribution is 0.793. The second-order valence-corrected chi connectivity index (χ2v) is 17.2. The molecule has 0 saturated heterocycles. The zero-order valence-corrected chi connectivity index (χ0v) is 35.1. The van der Waals surface area contributed by atoms with Gasteiger partial charge in [0.25, 0.3) is 0 Å². The molecular weight excluding hydrogens is 771 g/mol. The van der Waals surface area contributed by atoms with Crippen LogP contribution in [-0.2, 0) is 5.41 Å². The van der Waals surface area contributed by atoms with Gasteiger partial charge in [0.15, 0.2) is 0 Å². The quantitative estimate of drug-likeness (QED) is 0.151. The van der Waals surface area contributed by atoms with Crippen LogP contribution in [-0.4, -0.2) is 0 Å². The van der Waals surface area contributed by atoms with E-state index in [-0.39, 0.29) is 0 Å². The summed E-state index contributed by atoms with van der Waals surface area (Å²) < 4.78 is 0. The van der Waals surface area contributed by atoms with E-state index < -0.39 is 5.41 Å². The van der Waals surface area contributed by atoms with Gasteiger partial charge in [0, 0.05) is 16.8 Å². The van der Waals surface area contributed by atoms with Crippen LogP contribution in [0.5, 0.6) is 0 Å². The highest BCUT2D eigenvalue weighted by atomic mass is 15.1. The number of nitrogens with zero attached hydrogens (tertiary/aromatic N) is 1. The molecule has 0 aromatic heterocycles. The lowest BCUT2D eigenvalue weighted by Gasteiger charge is -2.32. The van der Waals surface area contributed by atoms with Crippen molar-refractivity contribution in [1.82, 2.24) is 0 Å². The average molecular weight is 812 g/mol. The van der Waals surface area contributed by atoms with Crippen molar-refractivity contribution in [2.24, 2.45) is 0 Å². The third-order valence-corrected chi connectivity index (χ3v) is 13.9. The second kappa shape index (κ2) is 14.4. The summed E-state index contributed by atoms with van der Waals surface area (Å²) in [6.45, 7) is 0. The molecule has 1 nitrogen and oxygen atoms in total. The fraction of sp³-hybridized carbons (Fsp3) is 0.0159. The van der Waals surface area contributed by atoms with Gasteiger partial charge in [-0.15, -0.1) is 0 Å². The molecule has 0 unspecified atom stereocenters. The van der Waals surface area contributed by atoms with E-state index in [0.717, 1.165) is 17.1 Å². The number of benzene rings is 11. The molecular formula is C63H41N. The summed E-state index contributed by atoms with van der Waals surface area (Å²) in [6.07, 6.45) is 0. The average Bonchev–Trinajstić information content (AvgIpc) is 3.84. The molecule has 1 spiro atoms. The van der Waals surface area contributed by atoms with Crippen LogP contribution in [0.3, 0.4) is 0 Å². The highest BCUT2D eigenvalue weighted by Crippen LogP contribution is 2.63. The van der Waals surface area contributed by atoms with Crippen LogP contribution < -0.4 is 4.90 Å². The standard InChI is InChI=1S/C63H41N/c1-2-14-42(15-3-1)43-26-28-44(29-27-43)45-30-32-46(33-31-45)47-34-36-49(37-35-47)64(62-40-48-16-4-5-17-51(48)52-18-6-7-22-57(52)62)50-38-39-56-55-21-10-13-25-60(55)63(61(56)41-50)58-23-11-8-19-53(58)54-20-9-12-24-59(54)63/h1-41H. The smallest absolute Gasteiger partial charge is 0.0726 e. The molecule has 0 radical (unpaired) electrons. The third-order valence-electron chi connectivity index (χ3n) is 13.9. The van der Waals surface area contributed by atoms with E-state index >= 15 is 0 Å². The van der Waals surface area contributed by atoms with Crippen LogP contribution in [0.4, 0.5) is 17.1 Å². The Labute approximate surface area is 373 Å². The van der Waals surface area contributed by atoms with Gasteiger partial charge in [-0.2, -0.15) is 0 Å². The van der Waals surface area contributed by atoms with Gasteiger partial charge in [-0.3, -0.25) is 0 Å². The molecule has 11 aromatic rings. The maximum absolute atomic E-state index is 2.50. The molecule has 0 bridgehead atoms. The molecule has 0 atom stereocenters. The topological polar surface area (TPSA) is 3.24 Å². The van der Waals surface area contributed by atoms with E-state index in [9.17, 15) is 0 Å². The zero-order chi connectivity index (χ0) is 42.2. The number of hydrogen-bond acceptors (Lipinski definition) is 1. The molecule has 1 heteroatoms. The van der Waals surface area contributed by atoms with Gasteiger partial charge in [-0.05, 0) is 124 Å². The molecule has 0 N–H and O–H groups in total. The number of fused-ring (bicyclic) bond motifs is 13. The number of anilines is 3. The summed E-state index contributed by atoms with van der Waals surface area (Å²) in [4.78, 5) is 2.49. The lowest BCUT2D eigenvalue weighted by Crippen LogP contribution is -2.26. The van der Waals surface area contributed by atoms with E-state index in [2.05, 4.69) is 254 Å². The third kappa shape index (κ3) is 5.44. The molecule has 0 heterocycles. The van der Waals surface area contributed by atoms with Gasteiger partial charge in [0.05, 0.1) is 11.1 Å². The Hall–Kier alpha value is -8.26. The van der Waals surface area contributed by atoms with Gasteiger partial charge < -0.3 is 4.90 Å². The van der Waals surface area contributed by atoms with Crippen LogP contribution in [0.15, 0.2) is 249 Å². The van der Waals surface area contributed by atoms with Crippen LogP contribution in [0.1, 0.15) is 22.3 Å². The first kappa shape index (κ1) is 36.4. The fourth-order valence-corrected chi connectivity index (χ4v) is 11.0. The van der Waals surface area contributed by atoms with Gasteiger partial charge >= 0.3 is 0 Å². The zero-order valence-electron chi connectivity index (χ0n) is 35.1. The molecule has 0 amide bonds. The van der Waals surface area contributed by atoms with Gasteiger partial charge in [0.1, 0.15) is 0 Å². The minimum atomic E-state index is -0.438. The molecule has 2 aliphatic rings. The Kier molecular flexibility index (Phi) is 8.20. The first-order valence-corrected chi connectivity index (χ1v) is 22.2. The van der Waals surface area contributed by atoms with Crippen molar-refractivity contribution in [1.29, 1.82) is 0 Å². The molecule has 64 heavy (non-hydrogen) atoms. The van der Waals surface area contributed by atoms with Gasteiger partial charge in [-0.1, -0.05) is 218 Å². The predicted octanol–water partition coefficient (Wildman–Crippen LogP) is 16.8. The molecule has 0 fully saturated rings. The Morgan fingerprint density at radius 1 is 0.250 bits per heavy atom. The summed E-state index contributed by atoms with van der Waals surface area (Å²) in [5.41, 5.74) is 20.8. The molecule has 11 aromatic carbocycles. The summed E-state index contributed by atoms with van der Waals surface area (Å²) in [6, 6.07) is 92.0. The fourth-order valence-electron chi connectivity index (χ4n) is 11.0. The van der Waals surface area contributed by atoms with Crippen molar-refractivity contribution >= 4 is 38.6 Å². The maximum atomic E-state index is 2.50. The second-order valence-electron chi connectivity index (χ2n) is 17.2. The molecule has 298 valence electrons. The molecule has 0 aliphatic heterocycles. The van der Waals surface area contributed by atoms with Crippen molar-refractivity contribution in [3.05, 3.63) is 271 Å². The van der Waals surface area contributed by atoms with Crippen molar-refractivity contribution < 1.29 is 0 Å². The van der Waals surface area contributed by atoms with Gasteiger partial charge in [-0.25, -0.2) is 0 Å². The minimum Gasteiger partial charge on any atom is -0.310 e. The molecule has 13 rings (SSSR count). The Morgan fingerprint density at radius 3 is 1.19 bits per heavy atom. The molecule has 2 aliphatic carbocycles. The normalized spacial score (nSPS) is 12.8. The van der Waals surface area contributed by atoms with Gasteiger partial charge in [0.2, 0.25) is 0 Å². The van der Waals surface area contributed by atoms with Crippen LogP contribution in [0.2, 0.25) is 0 Å². The number of rotatable bonds is 6. The SMILES string of the molecule is c1ccc(-c2ccc(-c3ccc(-c4ccc(N(c5ccc6c(c5)C5(c7ccccc7-c7ccccc75)c5ccccc5-6)c5cc6ccccc6c6ccccc56)cc4)cc3)cc2)cc1. The first-order chi connectivity index (χ1) is 31.7. The Balaban J connectivity index is 0.957. The minimum absolute atomic E-state index is 0.438. The monoisotopic (exact) mass is 811 g/mol. The van der Waals surface area contributed by atoms with Crippen molar-refractivity contribution in [2.45, 2.75) is 5.41 Å². The van der Waals surface area contributed by atoms with Crippen molar-refractivity contribution in [3.63, 3.8) is 0 Å². The summed E-state index contributed by atoms with van der Waals surface area (Å²) in [5, 5.41) is 4.94. The van der Waals surface area contributed by atoms with Crippen molar-refractivity contribution in [3.8, 4) is 55.6 Å². The highest BCUT2D eigenvalue weighted by molar-refractivity contribution is 6.14. The van der Waals surface area contributed by atoms with E-state index in [1.807, 2.05) is 0 Å². The van der Waals surface area contributed by atoms with Crippen LogP contribution in [0, 0.1) is 0 Å². The lowest BCUT2D eigenvalue weighted by atomic mass is 9.70. The maximum Gasteiger partial charge on any atom is 0.0726 e. The highest BCUT2D eigenvalue weighted by Gasteiger charge is 2.51. The summed E-state index contributed by atoms with van der Waals surface area (Å²) in [5.74, 6) is 0. The molecule has 0 saturated carbocycles. The largest absolute Gasteiger partial charge is 0.310 e. The Morgan fingerprint density at radius 2 is 0.641 bits per heavy atom. The van der Waals surface area contributed by atoms with Crippen LogP contribution >= 0.6 is 0 Å². The summed E-state index contributed by atoms with van der Waals surface area (Å²) in [7, 11) is 0. The van der Waals surface area contributed by atoms with E-state index in [4.69, 9.17) is 0 Å². The van der Waals surface area contributed by atoms with E-state index in [0.29, 0.717) is 0 Å².